The fourth-order valence-corrected chi connectivity index (χ4v) is 6.27. The number of imide groups is 1. The number of benzene rings is 2. The maximum atomic E-state index is 13.7. The highest BCUT2D eigenvalue weighted by atomic mass is 32.2. The Balaban J connectivity index is 1.70. The second kappa shape index (κ2) is 9.69. The molecule has 1 aromatic heterocycles. The Labute approximate surface area is 203 Å². The fraction of sp³-hybridized carbons (Fsp3) is 0.280. The van der Waals surface area contributed by atoms with E-state index >= 15 is 0 Å². The number of hydrogen-bond acceptors (Lipinski definition) is 6. The first-order valence-corrected chi connectivity index (χ1v) is 13.2. The Morgan fingerprint density at radius 1 is 1.06 bits per heavy atom. The molecule has 34 heavy (non-hydrogen) atoms. The normalized spacial score (nSPS) is 16.6. The molecule has 0 bridgehead atoms. The standard InChI is InChI=1S/C25H26N2O5S2/c1-17(2)18-6-8-19(9-7-18)27-24(28)15-23(25(27)29)26(16-21-5-4-14-33-21)34(30,31)22-12-10-20(32-3)11-13-22/h4-14,17,23H,15-16H2,1-3H3. The molecule has 9 heteroatoms. The van der Waals surface area contributed by atoms with Gasteiger partial charge in [0.05, 0.1) is 24.1 Å². The van der Waals surface area contributed by atoms with E-state index in [1.807, 2.05) is 29.6 Å². The summed E-state index contributed by atoms with van der Waals surface area (Å²) in [6, 6.07) is 15.7. The SMILES string of the molecule is COc1ccc(S(=O)(=O)N(Cc2cccs2)C2CC(=O)N(c3ccc(C(C)C)cc3)C2=O)cc1. The number of ether oxygens (including phenoxy) is 1. The van der Waals surface area contributed by atoms with Crippen LogP contribution in [-0.2, 0) is 26.2 Å². The maximum Gasteiger partial charge on any atom is 0.252 e. The quantitative estimate of drug-likeness (QED) is 0.430. The van der Waals surface area contributed by atoms with Gasteiger partial charge >= 0.3 is 0 Å². The predicted octanol–water partition coefficient (Wildman–Crippen LogP) is 4.40. The van der Waals surface area contributed by atoms with Crippen molar-refractivity contribution in [3.05, 3.63) is 76.5 Å². The molecule has 2 amide bonds. The van der Waals surface area contributed by atoms with E-state index in [0.717, 1.165) is 19.6 Å². The molecule has 0 aliphatic carbocycles. The summed E-state index contributed by atoms with van der Waals surface area (Å²) in [5.74, 6) is -0.140. The van der Waals surface area contributed by atoms with Crippen LogP contribution in [0.3, 0.4) is 0 Å². The number of thiophene rings is 1. The second-order valence-electron chi connectivity index (χ2n) is 8.34. The number of nitrogens with zero attached hydrogens (tertiary/aromatic N) is 2. The van der Waals surface area contributed by atoms with Gasteiger partial charge in [0, 0.05) is 11.4 Å². The van der Waals surface area contributed by atoms with Gasteiger partial charge in [-0.05, 0) is 59.3 Å². The molecule has 1 aliphatic rings. The van der Waals surface area contributed by atoms with E-state index in [1.54, 1.807) is 24.3 Å². The third-order valence-corrected chi connectivity index (χ3v) is 8.58. The van der Waals surface area contributed by atoms with Gasteiger partial charge in [0.1, 0.15) is 11.8 Å². The van der Waals surface area contributed by atoms with Gasteiger partial charge in [0.15, 0.2) is 0 Å². The Kier molecular flexibility index (Phi) is 6.88. The molecule has 1 saturated heterocycles. The topological polar surface area (TPSA) is 84.0 Å². The first-order chi connectivity index (χ1) is 16.2. The second-order valence-corrected chi connectivity index (χ2v) is 11.3. The van der Waals surface area contributed by atoms with Crippen LogP contribution in [0.4, 0.5) is 5.69 Å². The molecule has 7 nitrogen and oxygen atoms in total. The summed E-state index contributed by atoms with van der Waals surface area (Å²) in [6.45, 7) is 4.11. The van der Waals surface area contributed by atoms with Gasteiger partial charge in [-0.2, -0.15) is 4.31 Å². The first kappa shape index (κ1) is 24.1. The predicted molar refractivity (Wildman–Crippen MR) is 131 cm³/mol. The van der Waals surface area contributed by atoms with E-state index in [2.05, 4.69) is 13.8 Å². The first-order valence-electron chi connectivity index (χ1n) is 10.9. The summed E-state index contributed by atoms with van der Waals surface area (Å²) in [4.78, 5) is 28.3. The van der Waals surface area contributed by atoms with Crippen molar-refractivity contribution in [1.82, 2.24) is 4.31 Å². The van der Waals surface area contributed by atoms with Crippen molar-refractivity contribution < 1.29 is 22.7 Å². The molecule has 1 aliphatic heterocycles. The zero-order valence-corrected chi connectivity index (χ0v) is 20.8. The molecule has 3 aromatic rings. The van der Waals surface area contributed by atoms with E-state index < -0.39 is 27.9 Å². The molecule has 4 rings (SSSR count). The van der Waals surface area contributed by atoms with Crippen LogP contribution < -0.4 is 9.64 Å². The summed E-state index contributed by atoms with van der Waals surface area (Å²) in [7, 11) is -2.58. The minimum Gasteiger partial charge on any atom is -0.497 e. The molecular weight excluding hydrogens is 472 g/mol. The van der Waals surface area contributed by atoms with E-state index in [1.165, 1.54) is 30.6 Å². The van der Waals surface area contributed by atoms with Crippen LogP contribution in [0.15, 0.2) is 70.9 Å². The number of anilines is 1. The Hall–Kier alpha value is -3.01. The smallest absolute Gasteiger partial charge is 0.252 e. The van der Waals surface area contributed by atoms with Crippen molar-refractivity contribution in [3.8, 4) is 5.75 Å². The van der Waals surface area contributed by atoms with Crippen molar-refractivity contribution in [2.75, 3.05) is 12.0 Å². The highest BCUT2D eigenvalue weighted by molar-refractivity contribution is 7.89. The molecule has 2 heterocycles. The minimum atomic E-state index is -4.08. The van der Waals surface area contributed by atoms with Crippen molar-refractivity contribution in [3.63, 3.8) is 0 Å². The van der Waals surface area contributed by atoms with E-state index in [9.17, 15) is 18.0 Å². The number of amides is 2. The zero-order valence-electron chi connectivity index (χ0n) is 19.2. The average molecular weight is 499 g/mol. The van der Waals surface area contributed by atoms with Crippen molar-refractivity contribution in [2.45, 2.75) is 43.7 Å². The lowest BCUT2D eigenvalue weighted by molar-refractivity contribution is -0.122. The van der Waals surface area contributed by atoms with E-state index in [-0.39, 0.29) is 17.9 Å². The van der Waals surface area contributed by atoms with Gasteiger partial charge in [-0.3, -0.25) is 9.59 Å². The van der Waals surface area contributed by atoms with Gasteiger partial charge < -0.3 is 4.74 Å². The number of carbonyl (C=O) groups is 2. The van der Waals surface area contributed by atoms with Crippen LogP contribution in [0.5, 0.6) is 5.75 Å². The summed E-state index contributed by atoms with van der Waals surface area (Å²) >= 11 is 1.39. The number of methoxy groups -OCH3 is 1. The number of carbonyl (C=O) groups excluding carboxylic acids is 2. The van der Waals surface area contributed by atoms with Crippen LogP contribution in [0, 0.1) is 0 Å². The van der Waals surface area contributed by atoms with Crippen molar-refractivity contribution >= 4 is 38.9 Å². The van der Waals surface area contributed by atoms with Crippen LogP contribution in [0.2, 0.25) is 0 Å². The molecule has 1 unspecified atom stereocenters. The molecule has 178 valence electrons. The van der Waals surface area contributed by atoms with Crippen molar-refractivity contribution in [1.29, 1.82) is 0 Å². The van der Waals surface area contributed by atoms with Crippen LogP contribution >= 0.6 is 11.3 Å². The molecule has 1 atom stereocenters. The molecule has 2 aromatic carbocycles. The lowest BCUT2D eigenvalue weighted by Gasteiger charge is -2.26. The molecule has 1 fully saturated rings. The number of sulfonamides is 1. The minimum absolute atomic E-state index is 0.00412. The Bertz CT molecular complexity index is 1270. The van der Waals surface area contributed by atoms with E-state index in [0.29, 0.717) is 17.4 Å². The van der Waals surface area contributed by atoms with Gasteiger partial charge in [0.2, 0.25) is 15.9 Å². The lowest BCUT2D eigenvalue weighted by Crippen LogP contribution is -2.44. The van der Waals surface area contributed by atoms with Gasteiger partial charge in [-0.25, -0.2) is 13.3 Å². The Morgan fingerprint density at radius 3 is 2.29 bits per heavy atom. The van der Waals surface area contributed by atoms with Crippen LogP contribution in [0.25, 0.3) is 0 Å². The van der Waals surface area contributed by atoms with Gasteiger partial charge in [0.25, 0.3) is 5.91 Å². The largest absolute Gasteiger partial charge is 0.497 e. The van der Waals surface area contributed by atoms with Crippen LogP contribution in [0.1, 0.15) is 36.6 Å². The zero-order chi connectivity index (χ0) is 24.5. The molecule has 0 N–H and O–H groups in total. The lowest BCUT2D eigenvalue weighted by atomic mass is 10.0. The van der Waals surface area contributed by atoms with Crippen LogP contribution in [-0.4, -0.2) is 37.7 Å². The highest BCUT2D eigenvalue weighted by Crippen LogP contribution is 2.32. The maximum absolute atomic E-state index is 13.7. The number of hydrogen-bond donors (Lipinski definition) is 0. The summed E-state index contributed by atoms with van der Waals surface area (Å²) in [5, 5.41) is 1.84. The van der Waals surface area contributed by atoms with Gasteiger partial charge in [-0.15, -0.1) is 11.3 Å². The summed E-state index contributed by atoms with van der Waals surface area (Å²) in [5.41, 5.74) is 1.53. The highest BCUT2D eigenvalue weighted by Gasteiger charge is 2.47. The van der Waals surface area contributed by atoms with Crippen molar-refractivity contribution in [2.24, 2.45) is 0 Å². The molecule has 0 saturated carbocycles. The molecule has 0 spiro atoms. The number of rotatable bonds is 8. The third-order valence-electron chi connectivity index (χ3n) is 5.85. The fourth-order valence-electron chi connectivity index (χ4n) is 3.92. The monoisotopic (exact) mass is 498 g/mol. The molecular formula is C25H26N2O5S2. The Morgan fingerprint density at radius 2 is 1.74 bits per heavy atom. The summed E-state index contributed by atoms with van der Waals surface area (Å²) in [6.07, 6.45) is -0.217. The molecule has 0 radical (unpaired) electrons. The average Bonchev–Trinajstić information content (AvgIpc) is 3.44. The summed E-state index contributed by atoms with van der Waals surface area (Å²) < 4.78 is 33.6. The third kappa shape index (κ3) is 4.64. The van der Waals surface area contributed by atoms with Gasteiger partial charge in [-0.1, -0.05) is 32.0 Å². The van der Waals surface area contributed by atoms with E-state index in [4.69, 9.17) is 4.74 Å².